The number of nitrogens with one attached hydrogen (secondary N) is 1. The number of rotatable bonds is 4. The Kier molecular flexibility index (Phi) is 3.73. The van der Waals surface area contributed by atoms with Crippen LogP contribution in [0.2, 0.25) is 0 Å². The van der Waals surface area contributed by atoms with E-state index in [1.54, 1.807) is 0 Å². The lowest BCUT2D eigenvalue weighted by Gasteiger charge is -2.09. The van der Waals surface area contributed by atoms with Crippen molar-refractivity contribution in [3.05, 3.63) is 17.5 Å². The molecule has 1 atom stereocenters. The van der Waals surface area contributed by atoms with E-state index in [-0.39, 0.29) is 6.04 Å². The molecule has 0 spiro atoms. The van der Waals surface area contributed by atoms with Gasteiger partial charge in [0, 0.05) is 13.6 Å². The van der Waals surface area contributed by atoms with E-state index in [9.17, 15) is 0 Å². The van der Waals surface area contributed by atoms with Crippen molar-refractivity contribution in [1.29, 1.82) is 0 Å². The summed E-state index contributed by atoms with van der Waals surface area (Å²) in [4.78, 5) is 0. The van der Waals surface area contributed by atoms with Gasteiger partial charge >= 0.3 is 0 Å². The lowest BCUT2D eigenvalue weighted by Crippen LogP contribution is -2.27. The quantitative estimate of drug-likeness (QED) is 0.725. The summed E-state index contributed by atoms with van der Waals surface area (Å²) in [5.74, 6) is 2.71. The molecule has 0 aliphatic carbocycles. The van der Waals surface area contributed by atoms with Crippen LogP contribution < -0.4 is 5.32 Å². The highest BCUT2D eigenvalue weighted by Crippen LogP contribution is 2.02. The molecular weight excluding hydrogens is 174 g/mol. The van der Waals surface area contributed by atoms with Crippen molar-refractivity contribution in [3.8, 4) is 12.3 Å². The molecule has 1 aromatic rings. The van der Waals surface area contributed by atoms with Gasteiger partial charge in [-0.1, -0.05) is 12.8 Å². The van der Waals surface area contributed by atoms with E-state index >= 15 is 0 Å². The number of nitrogens with zero attached hydrogens (tertiary/aromatic N) is 2. The molecule has 1 N–H and O–H groups in total. The zero-order chi connectivity index (χ0) is 10.6. The van der Waals surface area contributed by atoms with Crippen LogP contribution >= 0.6 is 0 Å². The van der Waals surface area contributed by atoms with Crippen LogP contribution in [0.25, 0.3) is 0 Å². The summed E-state index contributed by atoms with van der Waals surface area (Å²) in [6, 6.07) is 2.22. The molecule has 1 heterocycles. The summed E-state index contributed by atoms with van der Waals surface area (Å²) in [5.41, 5.74) is 2.20. The Labute approximate surface area is 85.5 Å². The van der Waals surface area contributed by atoms with Gasteiger partial charge in [-0.25, -0.2) is 0 Å². The van der Waals surface area contributed by atoms with E-state index in [4.69, 9.17) is 6.42 Å². The molecule has 0 aromatic carbocycles. The number of hydrogen-bond donors (Lipinski definition) is 1. The summed E-state index contributed by atoms with van der Waals surface area (Å²) in [6.45, 7) is 4.84. The Bertz CT molecular complexity index is 333. The van der Waals surface area contributed by atoms with Gasteiger partial charge in [-0.3, -0.25) is 10.00 Å². The lowest BCUT2D eigenvalue weighted by atomic mass is 10.2. The van der Waals surface area contributed by atoms with Gasteiger partial charge in [0.15, 0.2) is 0 Å². The molecule has 14 heavy (non-hydrogen) atoms. The van der Waals surface area contributed by atoms with E-state index in [0.29, 0.717) is 0 Å². The van der Waals surface area contributed by atoms with E-state index in [1.165, 1.54) is 0 Å². The first-order valence-electron chi connectivity index (χ1n) is 4.86. The fourth-order valence-electron chi connectivity index (χ4n) is 1.38. The Balaban J connectivity index is 2.53. The zero-order valence-electron chi connectivity index (χ0n) is 9.04. The van der Waals surface area contributed by atoms with E-state index < -0.39 is 0 Å². The molecule has 0 amide bonds. The van der Waals surface area contributed by atoms with Crippen LogP contribution in [-0.2, 0) is 13.6 Å². The van der Waals surface area contributed by atoms with Crippen LogP contribution in [0.4, 0.5) is 0 Å². The molecule has 0 aliphatic rings. The number of terminal acetylenes is 1. The minimum Gasteiger partial charge on any atom is -0.298 e. The van der Waals surface area contributed by atoms with Crippen molar-refractivity contribution >= 4 is 0 Å². The van der Waals surface area contributed by atoms with Crippen LogP contribution in [-0.4, -0.2) is 15.8 Å². The highest BCUT2D eigenvalue weighted by molar-refractivity contribution is 5.09. The van der Waals surface area contributed by atoms with Crippen LogP contribution in [0.1, 0.15) is 24.7 Å². The second kappa shape index (κ2) is 4.83. The van der Waals surface area contributed by atoms with Gasteiger partial charge in [-0.15, -0.1) is 6.42 Å². The Morgan fingerprint density at radius 3 is 2.86 bits per heavy atom. The van der Waals surface area contributed by atoms with Crippen molar-refractivity contribution in [3.63, 3.8) is 0 Å². The first-order chi connectivity index (χ1) is 6.67. The molecule has 0 aliphatic heterocycles. The van der Waals surface area contributed by atoms with Gasteiger partial charge in [0.05, 0.1) is 17.4 Å². The summed E-state index contributed by atoms with van der Waals surface area (Å²) in [6.07, 6.45) is 6.31. The molecule has 0 radical (unpaired) electrons. The Morgan fingerprint density at radius 2 is 2.43 bits per heavy atom. The molecule has 0 fully saturated rings. The first-order valence-corrected chi connectivity index (χ1v) is 4.86. The van der Waals surface area contributed by atoms with Gasteiger partial charge in [0.1, 0.15) is 0 Å². The average Bonchev–Trinajstić information content (AvgIpc) is 2.47. The van der Waals surface area contributed by atoms with E-state index in [2.05, 4.69) is 29.3 Å². The molecule has 1 aromatic heterocycles. The first kappa shape index (κ1) is 10.8. The summed E-state index contributed by atoms with van der Waals surface area (Å²) < 4.78 is 1.88. The maximum absolute atomic E-state index is 5.36. The fourth-order valence-corrected chi connectivity index (χ4v) is 1.38. The summed E-state index contributed by atoms with van der Waals surface area (Å²) >= 11 is 0. The van der Waals surface area contributed by atoms with Crippen molar-refractivity contribution in [2.75, 3.05) is 0 Å². The molecule has 1 unspecified atom stereocenters. The second-order valence-electron chi connectivity index (χ2n) is 3.41. The van der Waals surface area contributed by atoms with Crippen molar-refractivity contribution in [2.45, 2.75) is 32.9 Å². The zero-order valence-corrected chi connectivity index (χ0v) is 9.04. The number of aromatic nitrogens is 2. The molecule has 3 nitrogen and oxygen atoms in total. The topological polar surface area (TPSA) is 29.9 Å². The predicted octanol–water partition coefficient (Wildman–Crippen LogP) is 1.23. The number of aryl methyl sites for hydroxylation is 2. The predicted molar refractivity (Wildman–Crippen MR) is 57.7 cm³/mol. The summed E-state index contributed by atoms with van der Waals surface area (Å²) in [7, 11) is 1.95. The third kappa shape index (κ3) is 2.61. The highest BCUT2D eigenvalue weighted by Gasteiger charge is 2.04. The van der Waals surface area contributed by atoms with Gasteiger partial charge in [-0.05, 0) is 19.4 Å². The third-order valence-corrected chi connectivity index (χ3v) is 2.24. The van der Waals surface area contributed by atoms with E-state index in [1.807, 2.05) is 18.7 Å². The van der Waals surface area contributed by atoms with Crippen molar-refractivity contribution < 1.29 is 0 Å². The molecule has 0 saturated heterocycles. The highest BCUT2D eigenvalue weighted by atomic mass is 15.3. The summed E-state index contributed by atoms with van der Waals surface area (Å²) in [5, 5.41) is 7.56. The minimum absolute atomic E-state index is 0.158. The minimum atomic E-state index is 0.158. The normalized spacial score (nSPS) is 12.4. The SMILES string of the molecule is C#CC(CC)NCc1cc(C)nn1C. The van der Waals surface area contributed by atoms with Crippen molar-refractivity contribution in [2.24, 2.45) is 7.05 Å². The van der Waals surface area contributed by atoms with Crippen LogP contribution in [0.3, 0.4) is 0 Å². The maximum Gasteiger partial charge on any atom is 0.0687 e. The molecule has 76 valence electrons. The van der Waals surface area contributed by atoms with Gasteiger partial charge in [0.25, 0.3) is 0 Å². The molecular formula is C11H17N3. The van der Waals surface area contributed by atoms with Gasteiger partial charge < -0.3 is 0 Å². The fraction of sp³-hybridized carbons (Fsp3) is 0.545. The van der Waals surface area contributed by atoms with Crippen LogP contribution in [0.5, 0.6) is 0 Å². The van der Waals surface area contributed by atoms with E-state index in [0.717, 1.165) is 24.4 Å². The molecule has 0 saturated carbocycles. The Hall–Kier alpha value is -1.27. The smallest absolute Gasteiger partial charge is 0.0687 e. The maximum atomic E-state index is 5.36. The molecule has 1 rings (SSSR count). The Morgan fingerprint density at radius 1 is 1.71 bits per heavy atom. The average molecular weight is 191 g/mol. The van der Waals surface area contributed by atoms with Gasteiger partial charge in [-0.2, -0.15) is 5.10 Å². The lowest BCUT2D eigenvalue weighted by molar-refractivity contribution is 0.563. The molecule has 3 heteroatoms. The molecule has 0 bridgehead atoms. The third-order valence-electron chi connectivity index (χ3n) is 2.24. The second-order valence-corrected chi connectivity index (χ2v) is 3.41. The van der Waals surface area contributed by atoms with Gasteiger partial charge in [0.2, 0.25) is 0 Å². The monoisotopic (exact) mass is 191 g/mol. The standard InChI is InChI=1S/C11H17N3/c1-5-10(6-2)12-8-11-7-9(3)13-14(11)4/h1,7,10,12H,6,8H2,2-4H3. The largest absolute Gasteiger partial charge is 0.298 e. The van der Waals surface area contributed by atoms with Crippen molar-refractivity contribution in [1.82, 2.24) is 15.1 Å². The van der Waals surface area contributed by atoms with Crippen LogP contribution in [0.15, 0.2) is 6.07 Å². The van der Waals surface area contributed by atoms with Crippen LogP contribution in [0, 0.1) is 19.3 Å². The number of hydrogen-bond acceptors (Lipinski definition) is 2.